The van der Waals surface area contributed by atoms with Crippen molar-refractivity contribution in [2.75, 3.05) is 5.73 Å². The highest BCUT2D eigenvalue weighted by molar-refractivity contribution is 6.28. The summed E-state index contributed by atoms with van der Waals surface area (Å²) in [6.45, 7) is 0.934. The molecule has 0 fully saturated rings. The SMILES string of the molecule is Nc1cccc(-c2nn3c(c2-c2ccnc(Cl)n2)CCCC3)c1. The fraction of sp³-hybridized carbons (Fsp3) is 0.235. The molecule has 2 N–H and O–H groups in total. The number of aryl methyl sites for hydroxylation is 1. The van der Waals surface area contributed by atoms with Crippen LogP contribution in [-0.2, 0) is 13.0 Å². The maximum Gasteiger partial charge on any atom is 0.222 e. The molecule has 1 aliphatic heterocycles. The van der Waals surface area contributed by atoms with E-state index >= 15 is 0 Å². The predicted octanol–water partition coefficient (Wildman–Crippen LogP) is 3.58. The molecule has 5 nitrogen and oxygen atoms in total. The molecule has 2 aromatic heterocycles. The Balaban J connectivity index is 1.97. The number of benzene rings is 1. The number of aromatic nitrogens is 4. The minimum absolute atomic E-state index is 0.247. The number of nitrogen functional groups attached to an aromatic ring is 1. The third-order valence-corrected chi connectivity index (χ3v) is 4.32. The summed E-state index contributed by atoms with van der Waals surface area (Å²) < 4.78 is 2.09. The van der Waals surface area contributed by atoms with Crippen molar-refractivity contribution >= 4 is 17.3 Å². The van der Waals surface area contributed by atoms with Gasteiger partial charge in [-0.15, -0.1) is 0 Å². The average molecular weight is 326 g/mol. The highest BCUT2D eigenvalue weighted by Crippen LogP contribution is 2.36. The Morgan fingerprint density at radius 1 is 1.17 bits per heavy atom. The molecule has 1 aromatic carbocycles. The minimum Gasteiger partial charge on any atom is -0.399 e. The van der Waals surface area contributed by atoms with Gasteiger partial charge in [-0.3, -0.25) is 4.68 Å². The lowest BCUT2D eigenvalue weighted by atomic mass is 9.99. The number of halogens is 1. The van der Waals surface area contributed by atoms with Gasteiger partial charge in [0.05, 0.1) is 5.69 Å². The molecule has 0 bridgehead atoms. The van der Waals surface area contributed by atoms with Gasteiger partial charge in [-0.05, 0) is 49.1 Å². The number of nitrogens with zero attached hydrogens (tertiary/aromatic N) is 4. The van der Waals surface area contributed by atoms with Crippen LogP contribution < -0.4 is 5.73 Å². The maximum absolute atomic E-state index is 6.00. The van der Waals surface area contributed by atoms with Gasteiger partial charge in [-0.25, -0.2) is 9.97 Å². The van der Waals surface area contributed by atoms with Crippen molar-refractivity contribution in [2.24, 2.45) is 0 Å². The van der Waals surface area contributed by atoms with Crippen molar-refractivity contribution in [1.82, 2.24) is 19.7 Å². The maximum atomic E-state index is 6.00. The summed E-state index contributed by atoms with van der Waals surface area (Å²) in [4.78, 5) is 8.39. The van der Waals surface area contributed by atoms with Crippen LogP contribution in [0.2, 0.25) is 5.28 Å². The Kier molecular flexibility index (Phi) is 3.50. The summed E-state index contributed by atoms with van der Waals surface area (Å²) in [7, 11) is 0. The van der Waals surface area contributed by atoms with Crippen LogP contribution in [0.5, 0.6) is 0 Å². The van der Waals surface area contributed by atoms with E-state index in [-0.39, 0.29) is 5.28 Å². The van der Waals surface area contributed by atoms with Crippen LogP contribution in [0.4, 0.5) is 5.69 Å². The van der Waals surface area contributed by atoms with Crippen LogP contribution in [-0.4, -0.2) is 19.7 Å². The molecular weight excluding hydrogens is 310 g/mol. The van der Waals surface area contributed by atoms with E-state index < -0.39 is 0 Å². The molecule has 0 radical (unpaired) electrons. The zero-order chi connectivity index (χ0) is 15.8. The normalized spacial score (nSPS) is 13.8. The first-order chi connectivity index (χ1) is 11.2. The Morgan fingerprint density at radius 2 is 2.09 bits per heavy atom. The van der Waals surface area contributed by atoms with Crippen molar-refractivity contribution in [3.8, 4) is 22.5 Å². The molecule has 6 heteroatoms. The van der Waals surface area contributed by atoms with Crippen LogP contribution in [0.15, 0.2) is 36.5 Å². The second-order valence-corrected chi connectivity index (χ2v) is 6.02. The molecule has 23 heavy (non-hydrogen) atoms. The van der Waals surface area contributed by atoms with Gasteiger partial charge in [0.1, 0.15) is 5.69 Å². The van der Waals surface area contributed by atoms with Crippen LogP contribution in [0.25, 0.3) is 22.5 Å². The molecule has 116 valence electrons. The molecule has 4 rings (SSSR count). The van der Waals surface area contributed by atoms with E-state index in [1.54, 1.807) is 6.20 Å². The standard InChI is InChI=1S/C17H16ClN5/c18-17-20-8-7-13(21-17)15-14-6-1-2-9-23(14)22-16(15)11-4-3-5-12(19)10-11/h3-5,7-8,10H,1-2,6,9,19H2. The summed E-state index contributed by atoms with van der Waals surface area (Å²) in [6.07, 6.45) is 4.98. The van der Waals surface area contributed by atoms with Crippen molar-refractivity contribution < 1.29 is 0 Å². The van der Waals surface area contributed by atoms with Crippen molar-refractivity contribution in [1.29, 1.82) is 0 Å². The molecule has 0 saturated carbocycles. The van der Waals surface area contributed by atoms with Gasteiger partial charge in [0.2, 0.25) is 5.28 Å². The third-order valence-electron chi connectivity index (χ3n) is 4.13. The first-order valence-corrected chi connectivity index (χ1v) is 8.05. The van der Waals surface area contributed by atoms with Crippen LogP contribution in [0, 0.1) is 0 Å². The van der Waals surface area contributed by atoms with E-state index in [9.17, 15) is 0 Å². The summed E-state index contributed by atoms with van der Waals surface area (Å²) in [5.41, 5.74) is 11.6. The quantitative estimate of drug-likeness (QED) is 0.577. The fourth-order valence-electron chi connectivity index (χ4n) is 3.12. The smallest absolute Gasteiger partial charge is 0.222 e. The monoisotopic (exact) mass is 325 g/mol. The zero-order valence-corrected chi connectivity index (χ0v) is 13.3. The predicted molar refractivity (Wildman–Crippen MR) is 91.0 cm³/mol. The second kappa shape index (κ2) is 5.66. The summed E-state index contributed by atoms with van der Waals surface area (Å²) in [6, 6.07) is 9.67. The average Bonchev–Trinajstić information content (AvgIpc) is 2.94. The molecule has 0 aliphatic carbocycles. The Bertz CT molecular complexity index is 871. The number of hydrogen-bond acceptors (Lipinski definition) is 4. The van der Waals surface area contributed by atoms with Gasteiger partial charge < -0.3 is 5.73 Å². The highest BCUT2D eigenvalue weighted by Gasteiger charge is 2.23. The zero-order valence-electron chi connectivity index (χ0n) is 12.5. The van der Waals surface area contributed by atoms with Gasteiger partial charge in [-0.1, -0.05) is 12.1 Å². The van der Waals surface area contributed by atoms with E-state index in [0.717, 1.165) is 54.0 Å². The first kappa shape index (κ1) is 14.2. The molecule has 3 aromatic rings. The summed E-state index contributed by atoms with van der Waals surface area (Å²) >= 11 is 6.00. The van der Waals surface area contributed by atoms with Gasteiger partial charge in [0, 0.05) is 35.2 Å². The van der Waals surface area contributed by atoms with Gasteiger partial charge in [0.15, 0.2) is 0 Å². The lowest BCUT2D eigenvalue weighted by molar-refractivity contribution is 0.487. The minimum atomic E-state index is 0.247. The van der Waals surface area contributed by atoms with E-state index in [2.05, 4.69) is 14.6 Å². The molecule has 0 saturated heterocycles. The van der Waals surface area contributed by atoms with Crippen LogP contribution in [0.1, 0.15) is 18.5 Å². The number of anilines is 1. The number of nitrogens with two attached hydrogens (primary N) is 1. The Hall–Kier alpha value is -2.40. The molecule has 0 spiro atoms. The second-order valence-electron chi connectivity index (χ2n) is 5.69. The Morgan fingerprint density at radius 3 is 2.91 bits per heavy atom. The fourth-order valence-corrected chi connectivity index (χ4v) is 3.27. The topological polar surface area (TPSA) is 69.6 Å². The first-order valence-electron chi connectivity index (χ1n) is 7.67. The largest absolute Gasteiger partial charge is 0.399 e. The summed E-state index contributed by atoms with van der Waals surface area (Å²) in [5.74, 6) is 0. The van der Waals surface area contributed by atoms with E-state index in [1.165, 1.54) is 5.69 Å². The highest BCUT2D eigenvalue weighted by atomic mass is 35.5. The van der Waals surface area contributed by atoms with E-state index in [4.69, 9.17) is 22.4 Å². The molecule has 1 aliphatic rings. The number of rotatable bonds is 2. The van der Waals surface area contributed by atoms with E-state index in [0.29, 0.717) is 0 Å². The number of fused-ring (bicyclic) bond motifs is 1. The molecular formula is C17H16ClN5. The van der Waals surface area contributed by atoms with Crippen molar-refractivity contribution in [3.05, 3.63) is 47.5 Å². The Labute approximate surface area is 139 Å². The third kappa shape index (κ3) is 2.57. The van der Waals surface area contributed by atoms with Crippen LogP contribution >= 0.6 is 11.6 Å². The molecule has 3 heterocycles. The van der Waals surface area contributed by atoms with Gasteiger partial charge >= 0.3 is 0 Å². The van der Waals surface area contributed by atoms with Crippen molar-refractivity contribution in [3.63, 3.8) is 0 Å². The summed E-state index contributed by atoms with van der Waals surface area (Å²) in [5, 5.41) is 5.07. The molecule has 0 atom stereocenters. The van der Waals surface area contributed by atoms with E-state index in [1.807, 2.05) is 30.3 Å². The van der Waals surface area contributed by atoms with Gasteiger partial charge in [0.25, 0.3) is 0 Å². The molecule has 0 amide bonds. The van der Waals surface area contributed by atoms with Crippen molar-refractivity contribution in [2.45, 2.75) is 25.8 Å². The lowest BCUT2D eigenvalue weighted by Crippen LogP contribution is -2.11. The van der Waals surface area contributed by atoms with Crippen LogP contribution in [0.3, 0.4) is 0 Å². The van der Waals surface area contributed by atoms with Gasteiger partial charge in [-0.2, -0.15) is 5.10 Å². The molecule has 0 unspecified atom stereocenters. The number of hydrogen-bond donors (Lipinski definition) is 1. The lowest BCUT2D eigenvalue weighted by Gasteiger charge is -2.14.